The normalized spacial score (nSPS) is 13.0. The molecule has 0 bridgehead atoms. The van der Waals surface area contributed by atoms with Crippen molar-refractivity contribution in [2.45, 2.75) is 25.9 Å². The predicted molar refractivity (Wildman–Crippen MR) is 80.3 cm³/mol. The second-order valence-corrected chi connectivity index (χ2v) is 6.47. The Morgan fingerprint density at radius 3 is 1.43 bits per heavy atom. The van der Waals surface area contributed by atoms with E-state index in [4.69, 9.17) is 10.2 Å². The highest BCUT2D eigenvalue weighted by molar-refractivity contribution is 8.16. The van der Waals surface area contributed by atoms with Gasteiger partial charge in [-0.1, -0.05) is 0 Å². The van der Waals surface area contributed by atoms with Gasteiger partial charge in [0.05, 0.1) is 0 Å². The summed E-state index contributed by atoms with van der Waals surface area (Å²) in [6, 6.07) is -1.95. The summed E-state index contributed by atoms with van der Waals surface area (Å²) in [4.78, 5) is 43.4. The van der Waals surface area contributed by atoms with Gasteiger partial charge < -0.3 is 20.8 Å². The Kier molecular flexibility index (Phi) is 9.63. The molecule has 0 radical (unpaired) electrons. The molecule has 0 aliphatic rings. The van der Waals surface area contributed by atoms with E-state index in [1.807, 2.05) is 0 Å². The van der Waals surface area contributed by atoms with E-state index in [0.29, 0.717) is 5.08 Å². The third-order valence-electron chi connectivity index (χ3n) is 2.09. The minimum Gasteiger partial charge on any atom is -0.480 e. The number of nitrogens with one attached hydrogen (secondary N) is 2. The zero-order valence-electron chi connectivity index (χ0n) is 11.6. The number of carboxylic acid groups (broad SMARTS) is 2. The maximum Gasteiger partial charge on any atom is 0.327 e. The number of thioether (sulfide) groups is 2. The van der Waals surface area contributed by atoms with E-state index >= 15 is 0 Å². The van der Waals surface area contributed by atoms with Crippen molar-refractivity contribution in [2.24, 2.45) is 0 Å². The number of aliphatic carboxylic acids is 2. The van der Waals surface area contributed by atoms with Gasteiger partial charge in [0.25, 0.3) is 0 Å². The Morgan fingerprint density at radius 1 is 0.857 bits per heavy atom. The van der Waals surface area contributed by atoms with Crippen molar-refractivity contribution < 1.29 is 29.4 Å². The van der Waals surface area contributed by atoms with E-state index in [9.17, 15) is 19.2 Å². The molecule has 0 heterocycles. The number of amides is 2. The van der Waals surface area contributed by atoms with Crippen LogP contribution in [-0.2, 0) is 19.2 Å². The van der Waals surface area contributed by atoms with E-state index in [1.165, 1.54) is 37.4 Å². The molecule has 8 nitrogen and oxygen atoms in total. The largest absolute Gasteiger partial charge is 0.480 e. The maximum absolute atomic E-state index is 10.9. The van der Waals surface area contributed by atoms with Crippen molar-refractivity contribution in [3.05, 3.63) is 0 Å². The quantitative estimate of drug-likeness (QED) is 0.312. The van der Waals surface area contributed by atoms with Gasteiger partial charge in [-0.3, -0.25) is 9.59 Å². The molecule has 2 atom stereocenters. The van der Waals surface area contributed by atoms with Crippen LogP contribution in [0.5, 0.6) is 0 Å². The van der Waals surface area contributed by atoms with Crippen molar-refractivity contribution in [1.82, 2.24) is 10.6 Å². The summed E-state index contributed by atoms with van der Waals surface area (Å²) >= 11 is 2.53. The van der Waals surface area contributed by atoms with Crippen molar-refractivity contribution in [3.63, 3.8) is 0 Å². The lowest BCUT2D eigenvalue weighted by Gasteiger charge is -2.14. The molecule has 120 valence electrons. The van der Waals surface area contributed by atoms with Crippen LogP contribution in [0.15, 0.2) is 0 Å². The van der Waals surface area contributed by atoms with Crippen molar-refractivity contribution in [2.75, 3.05) is 16.6 Å². The first-order valence-electron chi connectivity index (χ1n) is 5.89. The fourth-order valence-corrected chi connectivity index (χ4v) is 3.40. The standard InChI is InChI=1S/C11H18N2O6S2/c1-6(14)12-8(10(16)17)3-20-5-21-4-9(11(18)19)13-7(2)15/h8-9H,3-5H2,1-2H3,(H,12,14)(H,13,15)(H,16,17)(H,18,19)/t8-,9?/m0/s1. The summed E-state index contributed by atoms with van der Waals surface area (Å²) in [5.41, 5.74) is 0. The number of hydrogen-bond donors (Lipinski definition) is 4. The molecule has 0 aliphatic heterocycles. The Bertz CT molecular complexity index is 368. The van der Waals surface area contributed by atoms with E-state index in [1.54, 1.807) is 0 Å². The van der Waals surface area contributed by atoms with Gasteiger partial charge >= 0.3 is 11.9 Å². The van der Waals surface area contributed by atoms with Gasteiger partial charge in [0.1, 0.15) is 12.1 Å². The first kappa shape index (κ1) is 19.6. The smallest absolute Gasteiger partial charge is 0.327 e. The minimum atomic E-state index is -1.12. The Labute approximate surface area is 130 Å². The van der Waals surface area contributed by atoms with Crippen LogP contribution < -0.4 is 10.6 Å². The van der Waals surface area contributed by atoms with Crippen LogP contribution in [0.25, 0.3) is 0 Å². The summed E-state index contributed by atoms with van der Waals surface area (Å²) in [7, 11) is 0. The zero-order chi connectivity index (χ0) is 16.4. The molecule has 4 N–H and O–H groups in total. The van der Waals surface area contributed by atoms with Crippen LogP contribution in [0.3, 0.4) is 0 Å². The lowest BCUT2D eigenvalue weighted by Crippen LogP contribution is -2.42. The molecular formula is C11H18N2O6S2. The van der Waals surface area contributed by atoms with Crippen LogP contribution in [0.1, 0.15) is 13.8 Å². The van der Waals surface area contributed by atoms with Gasteiger partial charge in [0.2, 0.25) is 11.8 Å². The Balaban J connectivity index is 4.01. The molecule has 0 aromatic rings. The van der Waals surface area contributed by atoms with Crippen LogP contribution in [0.2, 0.25) is 0 Å². The van der Waals surface area contributed by atoms with Gasteiger partial charge in [-0.25, -0.2) is 9.59 Å². The van der Waals surface area contributed by atoms with Crippen LogP contribution >= 0.6 is 23.5 Å². The van der Waals surface area contributed by atoms with Gasteiger partial charge in [0, 0.05) is 30.4 Å². The second kappa shape index (κ2) is 10.3. The lowest BCUT2D eigenvalue weighted by molar-refractivity contribution is -0.141. The third-order valence-corrected chi connectivity index (χ3v) is 4.56. The summed E-state index contributed by atoms with van der Waals surface area (Å²) in [5.74, 6) is -2.73. The lowest BCUT2D eigenvalue weighted by atomic mass is 10.3. The Hall–Kier alpha value is -1.42. The van der Waals surface area contributed by atoms with E-state index in [-0.39, 0.29) is 11.5 Å². The molecule has 21 heavy (non-hydrogen) atoms. The summed E-state index contributed by atoms with van der Waals surface area (Å²) in [5, 5.41) is 22.8. The molecule has 0 saturated heterocycles. The summed E-state index contributed by atoms with van der Waals surface area (Å²) in [6.07, 6.45) is 0. The third kappa shape index (κ3) is 10.0. The second-order valence-electron chi connectivity index (χ2n) is 4.04. The molecule has 0 aromatic heterocycles. The molecule has 0 fully saturated rings. The first-order chi connectivity index (χ1) is 9.73. The highest BCUT2D eigenvalue weighted by Crippen LogP contribution is 2.14. The number of carbonyl (C=O) groups is 4. The number of carboxylic acids is 2. The van der Waals surface area contributed by atoms with Gasteiger partial charge in [-0.15, -0.1) is 23.5 Å². The first-order valence-corrected chi connectivity index (χ1v) is 8.20. The van der Waals surface area contributed by atoms with Crippen molar-refractivity contribution in [3.8, 4) is 0 Å². The zero-order valence-corrected chi connectivity index (χ0v) is 13.3. The molecule has 2 amide bonds. The monoisotopic (exact) mass is 338 g/mol. The molecule has 0 spiro atoms. The molecule has 0 saturated carbocycles. The molecule has 1 unspecified atom stereocenters. The van der Waals surface area contributed by atoms with Crippen molar-refractivity contribution >= 4 is 47.3 Å². The molecule has 10 heteroatoms. The summed E-state index contributed by atoms with van der Waals surface area (Å²) < 4.78 is 0. The number of hydrogen-bond acceptors (Lipinski definition) is 6. The summed E-state index contributed by atoms with van der Waals surface area (Å²) in [6.45, 7) is 2.47. The number of rotatable bonds is 10. The predicted octanol–water partition coefficient (Wildman–Crippen LogP) is -0.411. The number of carbonyl (C=O) groups excluding carboxylic acids is 2. The van der Waals surface area contributed by atoms with E-state index in [2.05, 4.69) is 10.6 Å². The fourth-order valence-electron chi connectivity index (χ4n) is 1.23. The van der Waals surface area contributed by atoms with Crippen LogP contribution in [-0.4, -0.2) is 62.6 Å². The van der Waals surface area contributed by atoms with E-state index in [0.717, 1.165) is 0 Å². The SMILES string of the molecule is CC(=O)NC(CSCSC[C@H](NC(C)=O)C(=O)O)C(=O)O. The minimum absolute atomic E-state index is 0.180. The molecular weight excluding hydrogens is 320 g/mol. The molecule has 0 rings (SSSR count). The topological polar surface area (TPSA) is 133 Å². The van der Waals surface area contributed by atoms with Crippen LogP contribution in [0.4, 0.5) is 0 Å². The molecule has 0 aliphatic carbocycles. The van der Waals surface area contributed by atoms with E-state index < -0.39 is 35.8 Å². The molecule has 0 aromatic carbocycles. The average Bonchev–Trinajstić information content (AvgIpc) is 2.34. The highest BCUT2D eigenvalue weighted by atomic mass is 32.2. The Morgan fingerprint density at radius 2 is 1.19 bits per heavy atom. The highest BCUT2D eigenvalue weighted by Gasteiger charge is 2.20. The van der Waals surface area contributed by atoms with Gasteiger partial charge in [0.15, 0.2) is 0 Å². The maximum atomic E-state index is 10.9. The average molecular weight is 338 g/mol. The fraction of sp³-hybridized carbons (Fsp3) is 0.636. The van der Waals surface area contributed by atoms with Crippen molar-refractivity contribution in [1.29, 1.82) is 0 Å². The van der Waals surface area contributed by atoms with Crippen LogP contribution in [0, 0.1) is 0 Å². The van der Waals surface area contributed by atoms with Gasteiger partial charge in [-0.05, 0) is 0 Å². The van der Waals surface area contributed by atoms with Gasteiger partial charge in [-0.2, -0.15) is 0 Å².